The fraction of sp³-hybridized carbons (Fsp3) is 0.219. The first kappa shape index (κ1) is 31.0. The van der Waals surface area contributed by atoms with E-state index in [1.807, 2.05) is 48.5 Å². The summed E-state index contributed by atoms with van der Waals surface area (Å²) < 4.78 is 44.8. The van der Waals surface area contributed by atoms with Crippen LogP contribution in [0.2, 0.25) is 0 Å². The van der Waals surface area contributed by atoms with Crippen LogP contribution in [0.25, 0.3) is 0 Å². The summed E-state index contributed by atoms with van der Waals surface area (Å²) >= 11 is 3.64. The predicted molar refractivity (Wildman–Crippen MR) is 171 cm³/mol. The average Bonchev–Trinajstić information content (AvgIpc) is 3.49. The molecule has 0 aliphatic heterocycles. The van der Waals surface area contributed by atoms with Gasteiger partial charge in [0.25, 0.3) is 16.0 Å². The molecule has 0 unspecified atom stereocenters. The van der Waals surface area contributed by atoms with Crippen LogP contribution in [0.15, 0.2) is 89.8 Å². The molecule has 0 amide bonds. The number of ether oxygens (including phenoxy) is 3. The molecule has 0 aliphatic rings. The van der Waals surface area contributed by atoms with E-state index in [1.165, 1.54) is 16.9 Å². The van der Waals surface area contributed by atoms with Crippen LogP contribution in [-0.2, 0) is 34.7 Å². The molecule has 12 heteroatoms. The van der Waals surface area contributed by atoms with Crippen LogP contribution < -0.4 is 18.9 Å². The number of aromatic nitrogens is 4. The first-order chi connectivity index (χ1) is 21.3. The van der Waals surface area contributed by atoms with Gasteiger partial charge in [0.2, 0.25) is 0 Å². The Kier molecular flexibility index (Phi) is 9.81. The highest BCUT2D eigenvalue weighted by atomic mass is 79.9. The standard InChI is InChI=1S/C32H32BrN5O5S/c1-41-26-13-9-22(10-14-26)17-29-25(21-38-35-32(34-37-38)36-44(39,40)28-7-5-4-6-8-28)19-24(20-33)31(43-3)30(29)18-23-11-15-27(42-2)16-12-23/h4-16,19H,17-18,20-21H2,1-3H3,(H,35,36). The number of nitrogens with one attached hydrogen (secondary N) is 1. The lowest BCUT2D eigenvalue weighted by Crippen LogP contribution is -2.15. The molecule has 1 heterocycles. The van der Waals surface area contributed by atoms with Crippen LogP contribution in [0.4, 0.5) is 5.95 Å². The summed E-state index contributed by atoms with van der Waals surface area (Å²) in [6.45, 7) is 0.255. The third kappa shape index (κ3) is 7.20. The molecule has 0 saturated carbocycles. The number of benzene rings is 4. The third-order valence-electron chi connectivity index (χ3n) is 7.14. The van der Waals surface area contributed by atoms with Crippen molar-refractivity contribution < 1.29 is 22.6 Å². The Morgan fingerprint density at radius 2 is 1.36 bits per heavy atom. The van der Waals surface area contributed by atoms with Gasteiger partial charge in [-0.05, 0) is 76.4 Å². The maximum Gasteiger partial charge on any atom is 0.277 e. The van der Waals surface area contributed by atoms with Crippen molar-refractivity contribution in [2.45, 2.75) is 29.6 Å². The van der Waals surface area contributed by atoms with E-state index in [9.17, 15) is 8.42 Å². The maximum atomic E-state index is 12.8. The summed E-state index contributed by atoms with van der Waals surface area (Å²) in [6.07, 6.45) is 1.21. The van der Waals surface area contributed by atoms with Crippen LogP contribution in [0, 0.1) is 0 Å². The second-order valence-electron chi connectivity index (χ2n) is 9.93. The SMILES string of the molecule is COc1ccc(Cc2c(Cn3nnc(NS(=O)(=O)c4ccccc4)n3)cc(CBr)c(OC)c2Cc2ccc(OC)cc2)cc1. The molecule has 1 aromatic heterocycles. The molecule has 4 aromatic carbocycles. The number of sulfonamides is 1. The molecule has 44 heavy (non-hydrogen) atoms. The molecule has 0 aliphatic carbocycles. The van der Waals surface area contributed by atoms with Crippen molar-refractivity contribution in [3.63, 3.8) is 0 Å². The van der Waals surface area contributed by atoms with Gasteiger partial charge in [0.05, 0.1) is 32.8 Å². The summed E-state index contributed by atoms with van der Waals surface area (Å²) in [4.78, 5) is 1.50. The van der Waals surface area contributed by atoms with Crippen molar-refractivity contribution in [3.8, 4) is 17.2 Å². The molecule has 10 nitrogen and oxygen atoms in total. The number of nitrogens with zero attached hydrogens (tertiary/aromatic N) is 4. The second-order valence-corrected chi connectivity index (χ2v) is 12.2. The number of tetrazole rings is 1. The second kappa shape index (κ2) is 13.9. The van der Waals surface area contributed by atoms with Crippen molar-refractivity contribution in [2.75, 3.05) is 26.1 Å². The van der Waals surface area contributed by atoms with E-state index in [2.05, 4.69) is 42.1 Å². The summed E-state index contributed by atoms with van der Waals surface area (Å²) in [5.74, 6) is 2.24. The van der Waals surface area contributed by atoms with Gasteiger partial charge in [0, 0.05) is 22.9 Å². The van der Waals surface area contributed by atoms with Gasteiger partial charge >= 0.3 is 0 Å². The van der Waals surface area contributed by atoms with Gasteiger partial charge in [-0.3, -0.25) is 0 Å². The Balaban J connectivity index is 1.55. The summed E-state index contributed by atoms with van der Waals surface area (Å²) in [6, 6.07) is 26.0. The van der Waals surface area contributed by atoms with Gasteiger partial charge < -0.3 is 14.2 Å². The zero-order chi connectivity index (χ0) is 31.1. The van der Waals surface area contributed by atoms with Crippen LogP contribution in [0.5, 0.6) is 17.2 Å². The Morgan fingerprint density at radius 1 is 0.773 bits per heavy atom. The molecule has 5 rings (SSSR count). The molecule has 0 bridgehead atoms. The monoisotopic (exact) mass is 677 g/mol. The lowest BCUT2D eigenvalue weighted by Gasteiger charge is -2.21. The minimum Gasteiger partial charge on any atom is -0.497 e. The van der Waals surface area contributed by atoms with E-state index in [4.69, 9.17) is 14.2 Å². The number of halogens is 1. The van der Waals surface area contributed by atoms with E-state index in [1.54, 1.807) is 39.5 Å². The zero-order valence-corrected chi connectivity index (χ0v) is 26.9. The first-order valence-electron chi connectivity index (χ1n) is 13.7. The van der Waals surface area contributed by atoms with Gasteiger partial charge in [-0.1, -0.05) is 63.5 Å². The minimum atomic E-state index is -3.86. The number of alkyl halides is 1. The molecule has 228 valence electrons. The highest BCUT2D eigenvalue weighted by Crippen LogP contribution is 2.36. The smallest absolute Gasteiger partial charge is 0.277 e. The lowest BCUT2D eigenvalue weighted by molar-refractivity contribution is 0.406. The molecule has 1 N–H and O–H groups in total. The Morgan fingerprint density at radius 3 is 1.91 bits per heavy atom. The molecule has 0 saturated heterocycles. The Bertz CT molecular complexity index is 1810. The Hall–Kier alpha value is -4.42. The van der Waals surface area contributed by atoms with Crippen molar-refractivity contribution in [1.82, 2.24) is 20.2 Å². The van der Waals surface area contributed by atoms with Crippen molar-refractivity contribution >= 4 is 31.9 Å². The summed E-state index contributed by atoms with van der Waals surface area (Å²) in [7, 11) is 1.10. The highest BCUT2D eigenvalue weighted by Gasteiger charge is 2.22. The van der Waals surface area contributed by atoms with Crippen molar-refractivity contribution in [2.24, 2.45) is 0 Å². The summed E-state index contributed by atoms with van der Waals surface area (Å²) in [5, 5.41) is 13.0. The van der Waals surface area contributed by atoms with E-state index < -0.39 is 10.0 Å². The van der Waals surface area contributed by atoms with E-state index >= 15 is 0 Å². The molecule has 0 atom stereocenters. The van der Waals surface area contributed by atoms with Crippen molar-refractivity contribution in [1.29, 1.82) is 0 Å². The van der Waals surface area contributed by atoms with Gasteiger partial charge in [-0.15, -0.1) is 5.10 Å². The molecule has 5 aromatic rings. The van der Waals surface area contributed by atoms with Gasteiger partial charge in [0.1, 0.15) is 17.2 Å². The number of hydrogen-bond donors (Lipinski definition) is 1. The Labute approximate surface area is 265 Å². The zero-order valence-electron chi connectivity index (χ0n) is 24.5. The quantitative estimate of drug-likeness (QED) is 0.160. The molecule has 0 fully saturated rings. The molecular formula is C32H32BrN5O5S. The van der Waals surface area contributed by atoms with Crippen LogP contribution >= 0.6 is 15.9 Å². The molecular weight excluding hydrogens is 646 g/mol. The number of rotatable bonds is 13. The third-order valence-corrected chi connectivity index (χ3v) is 9.09. The minimum absolute atomic E-state index is 0.110. The van der Waals surface area contributed by atoms with E-state index in [0.717, 1.165) is 50.6 Å². The fourth-order valence-corrected chi connectivity index (χ4v) is 6.34. The van der Waals surface area contributed by atoms with Crippen LogP contribution in [0.3, 0.4) is 0 Å². The average molecular weight is 679 g/mol. The van der Waals surface area contributed by atoms with Gasteiger partial charge in [-0.25, -0.2) is 13.1 Å². The number of methoxy groups -OCH3 is 3. The topological polar surface area (TPSA) is 117 Å². The van der Waals surface area contributed by atoms with Gasteiger partial charge in [-0.2, -0.15) is 4.80 Å². The van der Waals surface area contributed by atoms with Gasteiger partial charge in [0.15, 0.2) is 0 Å². The number of hydrogen-bond acceptors (Lipinski definition) is 8. The van der Waals surface area contributed by atoms with E-state index in [0.29, 0.717) is 18.2 Å². The number of anilines is 1. The van der Waals surface area contributed by atoms with E-state index in [-0.39, 0.29) is 17.4 Å². The maximum absolute atomic E-state index is 12.8. The fourth-order valence-electron chi connectivity index (χ4n) is 4.97. The normalized spacial score (nSPS) is 11.3. The first-order valence-corrected chi connectivity index (χ1v) is 16.3. The van der Waals surface area contributed by atoms with Crippen molar-refractivity contribution in [3.05, 3.63) is 118 Å². The molecule has 0 spiro atoms. The lowest BCUT2D eigenvalue weighted by atomic mass is 9.88. The highest BCUT2D eigenvalue weighted by molar-refractivity contribution is 9.08. The largest absolute Gasteiger partial charge is 0.497 e. The van der Waals surface area contributed by atoms with Crippen LogP contribution in [0.1, 0.15) is 33.4 Å². The predicted octanol–water partition coefficient (Wildman–Crippen LogP) is 5.62. The van der Waals surface area contributed by atoms with Crippen LogP contribution in [-0.4, -0.2) is 50.0 Å². The molecule has 0 radical (unpaired) electrons. The summed E-state index contributed by atoms with van der Waals surface area (Å²) in [5.41, 5.74) is 6.18.